The summed E-state index contributed by atoms with van der Waals surface area (Å²) in [6, 6.07) is 6.16. The third-order valence-electron chi connectivity index (χ3n) is 3.21. The van der Waals surface area contributed by atoms with Crippen LogP contribution in [0.5, 0.6) is 5.75 Å². The van der Waals surface area contributed by atoms with Crippen molar-refractivity contribution >= 4 is 11.6 Å². The lowest BCUT2D eigenvalue weighted by Gasteiger charge is -2.20. The van der Waals surface area contributed by atoms with Crippen LogP contribution in [0.3, 0.4) is 0 Å². The highest BCUT2D eigenvalue weighted by atomic mass is 35.5. The smallest absolute Gasteiger partial charge is 0.122 e. The fourth-order valence-electron chi connectivity index (χ4n) is 2.17. The molecule has 0 radical (unpaired) electrons. The molecule has 0 aliphatic rings. The molecule has 0 heterocycles. The number of nitrogens with one attached hydrogen (secondary N) is 1. The van der Waals surface area contributed by atoms with E-state index in [4.69, 9.17) is 21.1 Å². The second-order valence-corrected chi connectivity index (χ2v) is 5.23. The molecule has 3 nitrogen and oxygen atoms in total. The second kappa shape index (κ2) is 10.0. The van der Waals surface area contributed by atoms with Crippen LogP contribution in [0.2, 0.25) is 5.02 Å². The van der Waals surface area contributed by atoms with Gasteiger partial charge in [-0.05, 0) is 56.5 Å². The molecule has 0 aliphatic carbocycles. The van der Waals surface area contributed by atoms with Crippen molar-refractivity contribution in [3.05, 3.63) is 28.8 Å². The van der Waals surface area contributed by atoms with Crippen molar-refractivity contribution in [3.63, 3.8) is 0 Å². The molecule has 0 fully saturated rings. The van der Waals surface area contributed by atoms with E-state index in [1.54, 1.807) is 7.11 Å². The van der Waals surface area contributed by atoms with E-state index in [1.165, 1.54) is 0 Å². The molecule has 0 saturated heterocycles. The van der Waals surface area contributed by atoms with E-state index in [9.17, 15) is 0 Å². The summed E-state index contributed by atoms with van der Waals surface area (Å²) in [7, 11) is 1.70. The Labute approximate surface area is 127 Å². The molecule has 4 heteroatoms. The van der Waals surface area contributed by atoms with E-state index >= 15 is 0 Å². The lowest BCUT2D eigenvalue weighted by Crippen LogP contribution is -2.33. The molecule has 0 saturated carbocycles. The Morgan fingerprint density at radius 2 is 2.10 bits per heavy atom. The van der Waals surface area contributed by atoms with Gasteiger partial charge >= 0.3 is 0 Å². The quantitative estimate of drug-likeness (QED) is 0.669. The molecule has 1 unspecified atom stereocenters. The summed E-state index contributed by atoms with van der Waals surface area (Å²) < 4.78 is 10.9. The van der Waals surface area contributed by atoms with Crippen molar-refractivity contribution in [3.8, 4) is 5.75 Å². The van der Waals surface area contributed by atoms with Gasteiger partial charge in [-0.3, -0.25) is 0 Å². The van der Waals surface area contributed by atoms with Gasteiger partial charge in [-0.25, -0.2) is 0 Å². The van der Waals surface area contributed by atoms with E-state index in [0.29, 0.717) is 6.04 Å². The summed E-state index contributed by atoms with van der Waals surface area (Å²) in [4.78, 5) is 0. The molecule has 0 bridgehead atoms. The zero-order valence-corrected chi connectivity index (χ0v) is 13.5. The Hall–Kier alpha value is -0.770. The number of methoxy groups -OCH3 is 1. The normalized spacial score (nSPS) is 12.4. The number of rotatable bonds is 10. The highest BCUT2D eigenvalue weighted by Crippen LogP contribution is 2.24. The first kappa shape index (κ1) is 17.3. The van der Waals surface area contributed by atoms with E-state index in [2.05, 4.69) is 12.2 Å². The van der Waals surface area contributed by atoms with Crippen LogP contribution >= 0.6 is 11.6 Å². The van der Waals surface area contributed by atoms with Gasteiger partial charge in [-0.2, -0.15) is 0 Å². The summed E-state index contributed by atoms with van der Waals surface area (Å²) >= 11 is 6.09. The van der Waals surface area contributed by atoms with Gasteiger partial charge in [0.25, 0.3) is 0 Å². The highest BCUT2D eigenvalue weighted by molar-refractivity contribution is 6.30. The largest absolute Gasteiger partial charge is 0.496 e. The topological polar surface area (TPSA) is 30.5 Å². The van der Waals surface area contributed by atoms with Crippen molar-refractivity contribution in [2.24, 2.45) is 0 Å². The zero-order chi connectivity index (χ0) is 14.8. The fraction of sp³-hybridized carbons (Fsp3) is 0.625. The van der Waals surface area contributed by atoms with Crippen molar-refractivity contribution in [1.82, 2.24) is 5.32 Å². The van der Waals surface area contributed by atoms with E-state index in [0.717, 1.165) is 55.4 Å². The number of ether oxygens (including phenoxy) is 2. The minimum absolute atomic E-state index is 0.383. The molecule has 1 N–H and O–H groups in total. The number of hydrogen-bond donors (Lipinski definition) is 1. The highest BCUT2D eigenvalue weighted by Gasteiger charge is 2.12. The molecule has 1 atom stereocenters. The Morgan fingerprint density at radius 1 is 1.30 bits per heavy atom. The average molecular weight is 300 g/mol. The maximum atomic E-state index is 6.09. The minimum atomic E-state index is 0.383. The third-order valence-corrected chi connectivity index (χ3v) is 3.44. The molecular formula is C16H26ClNO2. The van der Waals surface area contributed by atoms with Gasteiger partial charge in [0.05, 0.1) is 7.11 Å². The molecular weight excluding hydrogens is 274 g/mol. The zero-order valence-electron chi connectivity index (χ0n) is 12.7. The Kier molecular flexibility index (Phi) is 8.67. The molecule has 0 amide bonds. The van der Waals surface area contributed by atoms with Crippen molar-refractivity contribution < 1.29 is 9.47 Å². The first-order valence-corrected chi connectivity index (χ1v) is 7.72. The van der Waals surface area contributed by atoms with Crippen LogP contribution < -0.4 is 10.1 Å². The van der Waals surface area contributed by atoms with Crippen molar-refractivity contribution in [2.75, 3.05) is 26.9 Å². The predicted molar refractivity (Wildman–Crippen MR) is 84.9 cm³/mol. The number of hydrogen-bond acceptors (Lipinski definition) is 3. The van der Waals surface area contributed by atoms with Gasteiger partial charge in [0, 0.05) is 24.3 Å². The molecule has 0 aliphatic heterocycles. The summed E-state index contributed by atoms with van der Waals surface area (Å²) in [6.45, 7) is 6.75. The average Bonchev–Trinajstić information content (AvgIpc) is 2.45. The maximum absolute atomic E-state index is 6.09. The standard InChI is InChI=1S/C16H26ClNO2/c1-4-9-18-15(8-10-20-5-2)12-13-11-14(17)6-7-16(13)19-3/h6-7,11,15,18H,4-5,8-10,12H2,1-3H3. The Balaban J connectivity index is 2.68. The summed E-state index contributed by atoms with van der Waals surface area (Å²) in [5.41, 5.74) is 1.14. The minimum Gasteiger partial charge on any atom is -0.496 e. The van der Waals surface area contributed by atoms with Gasteiger partial charge < -0.3 is 14.8 Å². The van der Waals surface area contributed by atoms with Crippen LogP contribution in [0, 0.1) is 0 Å². The van der Waals surface area contributed by atoms with Gasteiger partial charge in [-0.15, -0.1) is 0 Å². The summed E-state index contributed by atoms with van der Waals surface area (Å²) in [5, 5.41) is 4.32. The first-order chi connectivity index (χ1) is 9.71. The molecule has 114 valence electrons. The van der Waals surface area contributed by atoms with E-state index < -0.39 is 0 Å². The van der Waals surface area contributed by atoms with Gasteiger partial charge in [0.2, 0.25) is 0 Å². The van der Waals surface area contributed by atoms with E-state index in [-0.39, 0.29) is 0 Å². The molecule has 1 aromatic carbocycles. The molecule has 1 aromatic rings. The maximum Gasteiger partial charge on any atom is 0.122 e. The number of benzene rings is 1. The van der Waals surface area contributed by atoms with Gasteiger partial charge in [-0.1, -0.05) is 18.5 Å². The van der Waals surface area contributed by atoms with Crippen LogP contribution in [0.25, 0.3) is 0 Å². The SMILES string of the molecule is CCCNC(CCOCC)Cc1cc(Cl)ccc1OC. The Morgan fingerprint density at radius 3 is 2.75 bits per heavy atom. The lowest BCUT2D eigenvalue weighted by molar-refractivity contribution is 0.136. The van der Waals surface area contributed by atoms with Crippen LogP contribution in [0.1, 0.15) is 32.3 Å². The van der Waals surface area contributed by atoms with Crippen LogP contribution in [-0.4, -0.2) is 32.9 Å². The van der Waals surface area contributed by atoms with Crippen LogP contribution in [-0.2, 0) is 11.2 Å². The fourth-order valence-corrected chi connectivity index (χ4v) is 2.36. The predicted octanol–water partition coefficient (Wildman–Crippen LogP) is 3.69. The molecule has 0 aromatic heterocycles. The number of halogens is 1. The van der Waals surface area contributed by atoms with Gasteiger partial charge in [0.1, 0.15) is 5.75 Å². The molecule has 20 heavy (non-hydrogen) atoms. The van der Waals surface area contributed by atoms with Gasteiger partial charge in [0.15, 0.2) is 0 Å². The van der Waals surface area contributed by atoms with Crippen molar-refractivity contribution in [1.29, 1.82) is 0 Å². The van der Waals surface area contributed by atoms with Crippen LogP contribution in [0.15, 0.2) is 18.2 Å². The second-order valence-electron chi connectivity index (χ2n) is 4.80. The monoisotopic (exact) mass is 299 g/mol. The molecule has 0 spiro atoms. The lowest BCUT2D eigenvalue weighted by atomic mass is 10.0. The first-order valence-electron chi connectivity index (χ1n) is 7.34. The molecule has 1 rings (SSSR count). The van der Waals surface area contributed by atoms with Crippen LogP contribution in [0.4, 0.5) is 0 Å². The van der Waals surface area contributed by atoms with E-state index in [1.807, 2.05) is 25.1 Å². The summed E-state index contributed by atoms with van der Waals surface area (Å²) in [6.07, 6.45) is 3.01. The van der Waals surface area contributed by atoms with Crippen molar-refractivity contribution in [2.45, 2.75) is 39.2 Å². The summed E-state index contributed by atoms with van der Waals surface area (Å²) in [5.74, 6) is 0.897. The third kappa shape index (κ3) is 6.12. The Bertz CT molecular complexity index is 385.